The molecule has 2 aromatic heterocycles. The van der Waals surface area contributed by atoms with Crippen LogP contribution in [0.3, 0.4) is 0 Å². The first kappa shape index (κ1) is 15.3. The number of morpholine rings is 1. The molecule has 0 spiro atoms. The molecule has 3 rings (SSSR count). The highest BCUT2D eigenvalue weighted by Gasteiger charge is 2.25. The second-order valence-electron chi connectivity index (χ2n) is 6.05. The first-order valence-corrected chi connectivity index (χ1v) is 8.16. The van der Waals surface area contributed by atoms with Gasteiger partial charge in [0.15, 0.2) is 0 Å². The van der Waals surface area contributed by atoms with Crippen molar-refractivity contribution in [2.24, 2.45) is 7.05 Å². The van der Waals surface area contributed by atoms with Crippen LogP contribution in [-0.4, -0.2) is 45.3 Å². The number of ether oxygens (including phenoxy) is 1. The van der Waals surface area contributed by atoms with Gasteiger partial charge in [0.25, 0.3) is 0 Å². The zero-order valence-corrected chi connectivity index (χ0v) is 13.6. The second kappa shape index (κ2) is 7.11. The largest absolute Gasteiger partial charge is 0.378 e. The fourth-order valence-electron chi connectivity index (χ4n) is 3.24. The maximum atomic E-state index is 5.70. The Kier molecular flexibility index (Phi) is 4.95. The Labute approximate surface area is 132 Å². The van der Waals surface area contributed by atoms with Gasteiger partial charge in [-0.1, -0.05) is 0 Å². The summed E-state index contributed by atoms with van der Waals surface area (Å²) in [6.07, 6.45) is 8.45. The van der Waals surface area contributed by atoms with E-state index in [0.717, 1.165) is 38.7 Å². The van der Waals surface area contributed by atoms with Crippen molar-refractivity contribution in [3.05, 3.63) is 42.2 Å². The van der Waals surface area contributed by atoms with E-state index in [4.69, 9.17) is 4.74 Å². The van der Waals surface area contributed by atoms with Gasteiger partial charge >= 0.3 is 0 Å². The SMILES string of the molecule is Cc1nccn1CCCCN1CCOC[C@H]1c1cccn1C. The molecule has 5 nitrogen and oxygen atoms in total. The standard InChI is InChI=1S/C17H26N4O/c1-15-18-7-11-20(15)9-3-4-10-21-12-13-22-14-17(21)16-6-5-8-19(16)2/h5-8,11,17H,3-4,9-10,12-14H2,1-2H3/t17-/m0/s1. The maximum Gasteiger partial charge on any atom is 0.105 e. The highest BCUT2D eigenvalue weighted by Crippen LogP contribution is 2.24. The van der Waals surface area contributed by atoms with Gasteiger partial charge in [-0.15, -0.1) is 0 Å². The summed E-state index contributed by atoms with van der Waals surface area (Å²) in [7, 11) is 2.12. The first-order chi connectivity index (χ1) is 10.8. The van der Waals surface area contributed by atoms with Gasteiger partial charge in [-0.3, -0.25) is 4.90 Å². The molecule has 1 aliphatic heterocycles. The summed E-state index contributed by atoms with van der Waals surface area (Å²) in [4.78, 5) is 6.84. The van der Waals surface area contributed by atoms with Crippen molar-refractivity contribution in [2.75, 3.05) is 26.3 Å². The van der Waals surface area contributed by atoms with E-state index in [1.807, 2.05) is 6.20 Å². The molecule has 2 aromatic rings. The van der Waals surface area contributed by atoms with Crippen LogP contribution in [0.15, 0.2) is 30.7 Å². The van der Waals surface area contributed by atoms with Crippen molar-refractivity contribution in [2.45, 2.75) is 32.4 Å². The Balaban J connectivity index is 1.52. The molecule has 0 saturated carbocycles. The fourth-order valence-corrected chi connectivity index (χ4v) is 3.24. The van der Waals surface area contributed by atoms with E-state index < -0.39 is 0 Å². The molecule has 5 heteroatoms. The van der Waals surface area contributed by atoms with Crippen LogP contribution in [0.1, 0.15) is 30.4 Å². The summed E-state index contributed by atoms with van der Waals surface area (Å²) in [5.41, 5.74) is 1.35. The lowest BCUT2D eigenvalue weighted by molar-refractivity contribution is -0.0116. The number of aryl methyl sites for hydroxylation is 3. The molecule has 0 radical (unpaired) electrons. The Morgan fingerprint density at radius 1 is 1.27 bits per heavy atom. The highest BCUT2D eigenvalue weighted by atomic mass is 16.5. The van der Waals surface area contributed by atoms with E-state index in [9.17, 15) is 0 Å². The Morgan fingerprint density at radius 2 is 2.14 bits per heavy atom. The van der Waals surface area contributed by atoms with Crippen molar-refractivity contribution in [1.82, 2.24) is 19.0 Å². The lowest BCUT2D eigenvalue weighted by Gasteiger charge is -2.36. The van der Waals surface area contributed by atoms with Crippen LogP contribution in [0.2, 0.25) is 0 Å². The molecule has 1 aliphatic rings. The predicted octanol–water partition coefficient (Wildman–Crippen LogP) is 2.38. The number of nitrogens with zero attached hydrogens (tertiary/aromatic N) is 4. The van der Waals surface area contributed by atoms with Gasteiger partial charge in [0, 0.05) is 44.4 Å². The van der Waals surface area contributed by atoms with Gasteiger partial charge in [-0.05, 0) is 38.4 Å². The zero-order valence-electron chi connectivity index (χ0n) is 13.6. The molecule has 0 amide bonds. The maximum absolute atomic E-state index is 5.70. The molecule has 0 unspecified atom stereocenters. The van der Waals surface area contributed by atoms with Gasteiger partial charge in [-0.2, -0.15) is 0 Å². The molecule has 0 bridgehead atoms. The summed E-state index contributed by atoms with van der Waals surface area (Å²) < 4.78 is 10.1. The van der Waals surface area contributed by atoms with E-state index in [1.165, 1.54) is 18.5 Å². The summed E-state index contributed by atoms with van der Waals surface area (Å²) in [6, 6.07) is 4.72. The van der Waals surface area contributed by atoms with Crippen molar-refractivity contribution in [3.63, 3.8) is 0 Å². The van der Waals surface area contributed by atoms with E-state index >= 15 is 0 Å². The first-order valence-electron chi connectivity index (χ1n) is 8.16. The molecule has 120 valence electrons. The quantitative estimate of drug-likeness (QED) is 0.769. The minimum absolute atomic E-state index is 0.392. The minimum Gasteiger partial charge on any atom is -0.378 e. The van der Waals surface area contributed by atoms with Gasteiger partial charge in [0.2, 0.25) is 0 Å². The van der Waals surface area contributed by atoms with Gasteiger partial charge in [-0.25, -0.2) is 4.98 Å². The Hall–Kier alpha value is -1.59. The second-order valence-corrected chi connectivity index (χ2v) is 6.05. The van der Waals surface area contributed by atoms with E-state index in [-0.39, 0.29) is 0 Å². The molecule has 0 aliphatic carbocycles. The molecule has 1 atom stereocenters. The third kappa shape index (κ3) is 3.42. The summed E-state index contributed by atoms with van der Waals surface area (Å²) >= 11 is 0. The van der Waals surface area contributed by atoms with Crippen LogP contribution in [0.5, 0.6) is 0 Å². The van der Waals surface area contributed by atoms with E-state index in [2.05, 4.69) is 57.5 Å². The summed E-state index contributed by atoms with van der Waals surface area (Å²) in [6.45, 7) is 6.94. The van der Waals surface area contributed by atoms with Crippen LogP contribution < -0.4 is 0 Å². The molecule has 3 heterocycles. The number of aromatic nitrogens is 3. The fraction of sp³-hybridized carbons (Fsp3) is 0.588. The average molecular weight is 302 g/mol. The molecular formula is C17H26N4O. The number of hydrogen-bond acceptors (Lipinski definition) is 3. The van der Waals surface area contributed by atoms with Gasteiger partial charge in [0.1, 0.15) is 5.82 Å². The molecular weight excluding hydrogens is 276 g/mol. The molecule has 0 N–H and O–H groups in total. The van der Waals surface area contributed by atoms with Crippen molar-refractivity contribution in [3.8, 4) is 0 Å². The monoisotopic (exact) mass is 302 g/mol. The Bertz CT molecular complexity index is 589. The van der Waals surface area contributed by atoms with Crippen LogP contribution in [-0.2, 0) is 18.3 Å². The summed E-state index contributed by atoms with van der Waals surface area (Å²) in [5, 5.41) is 0. The smallest absolute Gasteiger partial charge is 0.105 e. The van der Waals surface area contributed by atoms with Crippen molar-refractivity contribution < 1.29 is 4.74 Å². The molecule has 1 fully saturated rings. The molecule has 22 heavy (non-hydrogen) atoms. The molecule has 0 aromatic carbocycles. The van der Waals surface area contributed by atoms with Gasteiger partial charge in [0.05, 0.1) is 19.3 Å². The van der Waals surface area contributed by atoms with Crippen molar-refractivity contribution in [1.29, 1.82) is 0 Å². The van der Waals surface area contributed by atoms with Crippen molar-refractivity contribution >= 4 is 0 Å². The lowest BCUT2D eigenvalue weighted by atomic mass is 10.1. The van der Waals surface area contributed by atoms with Crippen LogP contribution in [0.25, 0.3) is 0 Å². The third-order valence-corrected chi connectivity index (χ3v) is 4.58. The van der Waals surface area contributed by atoms with Crippen LogP contribution in [0.4, 0.5) is 0 Å². The molecule has 1 saturated heterocycles. The van der Waals surface area contributed by atoms with Crippen LogP contribution in [0, 0.1) is 6.92 Å². The summed E-state index contributed by atoms with van der Waals surface area (Å²) in [5.74, 6) is 1.10. The minimum atomic E-state index is 0.392. The number of imidazole rings is 1. The number of unbranched alkanes of at least 4 members (excludes halogenated alkanes) is 1. The van der Waals surface area contributed by atoms with E-state index in [1.54, 1.807) is 0 Å². The third-order valence-electron chi connectivity index (χ3n) is 4.58. The van der Waals surface area contributed by atoms with E-state index in [0.29, 0.717) is 6.04 Å². The Morgan fingerprint density at radius 3 is 2.86 bits per heavy atom. The lowest BCUT2D eigenvalue weighted by Crippen LogP contribution is -2.40. The number of hydrogen-bond donors (Lipinski definition) is 0. The topological polar surface area (TPSA) is 35.2 Å². The average Bonchev–Trinajstić information content (AvgIpc) is 3.13. The zero-order chi connectivity index (χ0) is 15.4. The highest BCUT2D eigenvalue weighted by molar-refractivity contribution is 5.12. The predicted molar refractivity (Wildman–Crippen MR) is 86.7 cm³/mol. The van der Waals surface area contributed by atoms with Crippen LogP contribution >= 0.6 is 0 Å². The van der Waals surface area contributed by atoms with Gasteiger partial charge < -0.3 is 13.9 Å². The number of rotatable bonds is 6. The normalized spacial score (nSPS) is 19.6.